The molecular formula is C18H27ClO10P2S2. The van der Waals surface area contributed by atoms with Crippen molar-refractivity contribution in [2.75, 3.05) is 38.0 Å². The van der Waals surface area contributed by atoms with E-state index in [1.807, 2.05) is 0 Å². The minimum absolute atomic E-state index is 0. The van der Waals surface area contributed by atoms with Crippen LogP contribution in [0.5, 0.6) is 0 Å². The predicted molar refractivity (Wildman–Crippen MR) is 131 cm³/mol. The van der Waals surface area contributed by atoms with E-state index in [4.69, 9.17) is 9.08 Å². The van der Waals surface area contributed by atoms with Crippen molar-refractivity contribution in [1.29, 1.82) is 0 Å². The van der Waals surface area contributed by atoms with E-state index in [0.29, 0.717) is 5.30 Å². The van der Waals surface area contributed by atoms with Crippen LogP contribution in [-0.4, -0.2) is 64.3 Å². The van der Waals surface area contributed by atoms with Crippen LogP contribution in [-0.2, 0) is 38.1 Å². The molecule has 2 N–H and O–H groups in total. The van der Waals surface area contributed by atoms with Gasteiger partial charge in [-0.2, -0.15) is 16.8 Å². The molecule has 10 nitrogen and oxygen atoms in total. The van der Waals surface area contributed by atoms with E-state index < -0.39 is 46.9 Å². The van der Waals surface area contributed by atoms with Crippen molar-refractivity contribution < 1.29 is 44.1 Å². The van der Waals surface area contributed by atoms with Crippen molar-refractivity contribution in [2.24, 2.45) is 0 Å². The molecule has 2 atom stereocenters. The van der Waals surface area contributed by atoms with Crippen LogP contribution in [0.25, 0.3) is 0 Å². The average molecular weight is 565 g/mol. The highest BCUT2D eigenvalue weighted by molar-refractivity contribution is 7.87. The summed E-state index contributed by atoms with van der Waals surface area (Å²) >= 11 is 0. The molecular weight excluding hydrogens is 538 g/mol. The second-order valence-corrected chi connectivity index (χ2v) is 14.9. The van der Waals surface area contributed by atoms with Gasteiger partial charge in [0.2, 0.25) is 14.7 Å². The molecule has 2 aromatic rings. The molecule has 2 aromatic carbocycles. The molecule has 0 amide bonds. The fourth-order valence-corrected chi connectivity index (χ4v) is 8.43. The number of hydrogen-bond donors (Lipinski definition) is 2. The molecule has 0 heterocycles. The Hall–Kier alpha value is -1.07. The van der Waals surface area contributed by atoms with Gasteiger partial charge in [0.25, 0.3) is 20.2 Å². The minimum Gasteiger partial charge on any atom is -0.341 e. The zero-order valence-electron chi connectivity index (χ0n) is 17.9. The lowest BCUT2D eigenvalue weighted by molar-refractivity contribution is 0.392. The maximum Gasteiger partial charge on any atom is 0.267 e. The first-order chi connectivity index (χ1) is 14.7. The normalized spacial score (nSPS) is 15.2. The Kier molecular flexibility index (Phi) is 13.3. The van der Waals surface area contributed by atoms with E-state index in [0.717, 1.165) is 7.11 Å². The lowest BCUT2D eigenvalue weighted by Gasteiger charge is -2.15. The van der Waals surface area contributed by atoms with Crippen LogP contribution < -0.4 is 10.6 Å². The largest absolute Gasteiger partial charge is 0.341 e. The Bertz CT molecular complexity index is 1160. The van der Waals surface area contributed by atoms with E-state index in [-0.39, 0.29) is 29.6 Å². The van der Waals surface area contributed by atoms with Crippen molar-refractivity contribution in [3.8, 4) is 0 Å². The van der Waals surface area contributed by atoms with Crippen LogP contribution >= 0.6 is 27.1 Å². The van der Waals surface area contributed by atoms with Crippen molar-refractivity contribution >= 4 is 58.0 Å². The van der Waals surface area contributed by atoms with Gasteiger partial charge in [-0.1, -0.05) is 36.4 Å². The monoisotopic (exact) mass is 564 g/mol. The molecule has 0 bridgehead atoms. The summed E-state index contributed by atoms with van der Waals surface area (Å²) in [5.41, 5.74) is 0. The Labute approximate surface area is 200 Å². The Balaban J connectivity index is 0.000000607. The van der Waals surface area contributed by atoms with Crippen molar-refractivity contribution in [3.63, 3.8) is 0 Å². The molecule has 0 fully saturated rings. The van der Waals surface area contributed by atoms with Gasteiger partial charge >= 0.3 is 0 Å². The van der Waals surface area contributed by atoms with Crippen molar-refractivity contribution in [3.05, 3.63) is 60.7 Å². The molecule has 188 valence electrons. The highest BCUT2D eigenvalue weighted by Gasteiger charge is 2.27. The van der Waals surface area contributed by atoms with Gasteiger partial charge in [-0.3, -0.25) is 17.9 Å². The summed E-state index contributed by atoms with van der Waals surface area (Å²) in [7, 11) is -12.2. The van der Waals surface area contributed by atoms with Gasteiger partial charge in [0.05, 0.1) is 18.6 Å². The van der Waals surface area contributed by atoms with E-state index in [1.54, 1.807) is 48.5 Å². The van der Waals surface area contributed by atoms with Gasteiger partial charge < -0.3 is 9.42 Å². The molecule has 0 radical (unpaired) electrons. The summed E-state index contributed by atoms with van der Waals surface area (Å²) in [6.07, 6.45) is -0.570. The Morgan fingerprint density at radius 1 is 0.788 bits per heavy atom. The summed E-state index contributed by atoms with van der Waals surface area (Å²) in [4.78, 5) is 9.53. The molecule has 33 heavy (non-hydrogen) atoms. The van der Waals surface area contributed by atoms with E-state index in [2.05, 4.69) is 4.18 Å². The lowest BCUT2D eigenvalue weighted by atomic mass is 10.4. The minimum atomic E-state index is -4.20. The molecule has 0 aliphatic rings. The average Bonchev–Trinajstić information content (AvgIpc) is 2.77. The summed E-state index contributed by atoms with van der Waals surface area (Å²) in [6, 6.07) is 16.3. The molecule has 0 saturated carbocycles. The smallest absolute Gasteiger partial charge is 0.267 e. The van der Waals surface area contributed by atoms with Crippen LogP contribution in [0, 0.1) is 0 Å². The standard InChI is InChI=1S/C10H15O5PS.C8H11O5PS.ClH/c1-14-16(11,8-9-17(12,13)15-2)10-6-4-3-5-7-10;9-14(10,6-7-15(11,12)13)8-4-2-1-3-5-8;/h3-7H,8-9H2,1-2H3;1-5H,6-7H2,(H,9,10)(H,11,12,13);1H. The molecule has 0 saturated heterocycles. The summed E-state index contributed by atoms with van der Waals surface area (Å²) in [5, 5.41) is 0.697. The number of hydrogen-bond acceptors (Lipinski definition) is 8. The zero-order chi connectivity index (χ0) is 24.5. The fourth-order valence-electron chi connectivity index (χ4n) is 2.33. The fraction of sp³-hybridized carbons (Fsp3) is 0.333. The second-order valence-electron chi connectivity index (χ2n) is 6.39. The van der Waals surface area contributed by atoms with Gasteiger partial charge in [-0.05, 0) is 24.3 Å². The first-order valence-corrected chi connectivity index (χ1v) is 15.9. The quantitative estimate of drug-likeness (QED) is 0.248. The van der Waals surface area contributed by atoms with Gasteiger partial charge in [0.1, 0.15) is 0 Å². The van der Waals surface area contributed by atoms with Gasteiger partial charge in [0.15, 0.2) is 0 Å². The molecule has 0 spiro atoms. The van der Waals surface area contributed by atoms with Crippen molar-refractivity contribution in [2.45, 2.75) is 0 Å². The highest BCUT2D eigenvalue weighted by Crippen LogP contribution is 2.44. The van der Waals surface area contributed by atoms with Crippen LogP contribution in [0.1, 0.15) is 0 Å². The number of rotatable bonds is 10. The Morgan fingerprint density at radius 3 is 1.64 bits per heavy atom. The summed E-state index contributed by atoms with van der Waals surface area (Å²) in [6.45, 7) is 0. The molecule has 15 heteroatoms. The molecule has 0 aliphatic carbocycles. The lowest BCUT2D eigenvalue weighted by Crippen LogP contribution is -2.17. The molecule has 2 rings (SSSR count). The van der Waals surface area contributed by atoms with Crippen LogP contribution in [0.15, 0.2) is 60.7 Å². The second kappa shape index (κ2) is 13.7. The van der Waals surface area contributed by atoms with E-state index in [1.165, 1.54) is 19.2 Å². The third-order valence-electron chi connectivity index (χ3n) is 4.15. The number of halogens is 1. The molecule has 0 aromatic heterocycles. The first kappa shape index (κ1) is 31.9. The molecule has 2 unspecified atom stereocenters. The summed E-state index contributed by atoms with van der Waals surface area (Å²) < 4.78 is 85.1. The van der Waals surface area contributed by atoms with Gasteiger partial charge in [0, 0.05) is 30.0 Å². The predicted octanol–water partition coefficient (Wildman–Crippen LogP) is 2.10. The molecule has 0 aliphatic heterocycles. The maximum atomic E-state index is 12.4. The van der Waals surface area contributed by atoms with Crippen molar-refractivity contribution in [1.82, 2.24) is 0 Å². The topological polar surface area (TPSA) is 161 Å². The number of benzene rings is 2. The van der Waals surface area contributed by atoms with Crippen LogP contribution in [0.3, 0.4) is 0 Å². The SMILES string of the molecule is COP(=O)(CCS(=O)(=O)OC)c1ccccc1.Cl.O=P(O)(CCS(=O)(=O)O)c1ccccc1. The van der Waals surface area contributed by atoms with E-state index >= 15 is 0 Å². The Morgan fingerprint density at radius 2 is 1.24 bits per heavy atom. The highest BCUT2D eigenvalue weighted by atomic mass is 35.5. The first-order valence-electron chi connectivity index (χ1n) is 9.06. The summed E-state index contributed by atoms with van der Waals surface area (Å²) in [5.74, 6) is -1.04. The van der Waals surface area contributed by atoms with Gasteiger partial charge in [-0.15, -0.1) is 12.4 Å². The van der Waals surface area contributed by atoms with E-state index in [9.17, 15) is 30.9 Å². The maximum absolute atomic E-state index is 12.4. The van der Waals surface area contributed by atoms with Gasteiger partial charge in [-0.25, -0.2) is 0 Å². The third kappa shape index (κ3) is 11.8. The van der Waals surface area contributed by atoms with Crippen LogP contribution in [0.2, 0.25) is 0 Å². The zero-order valence-corrected chi connectivity index (χ0v) is 22.1. The third-order valence-corrected chi connectivity index (χ3v) is 11.1. The van der Waals surface area contributed by atoms with Crippen LogP contribution in [0.4, 0.5) is 0 Å².